The van der Waals surface area contributed by atoms with Gasteiger partial charge in [-0.25, -0.2) is 4.79 Å². The van der Waals surface area contributed by atoms with Crippen LogP contribution in [0.3, 0.4) is 0 Å². The van der Waals surface area contributed by atoms with Gasteiger partial charge in [0.25, 0.3) is 0 Å². The van der Waals surface area contributed by atoms with Crippen LogP contribution >= 0.6 is 0 Å². The second-order valence-corrected chi connectivity index (χ2v) is 4.04. The Hall–Kier alpha value is -2.56. The Labute approximate surface area is 107 Å². The predicted molar refractivity (Wildman–Crippen MR) is 68.6 cm³/mol. The Kier molecular flexibility index (Phi) is 2.59. The highest BCUT2D eigenvalue weighted by Crippen LogP contribution is 2.38. The van der Waals surface area contributed by atoms with Crippen molar-refractivity contribution in [3.05, 3.63) is 40.4 Å². The first kappa shape index (κ1) is 11.5. The predicted octanol–water partition coefficient (Wildman–Crippen LogP) is 2.29. The lowest BCUT2D eigenvalue weighted by Gasteiger charge is -2.09. The fraction of sp³-hybridized carbons (Fsp3) is 0.143. The largest absolute Gasteiger partial charge is 0.490 e. The van der Waals surface area contributed by atoms with E-state index in [2.05, 4.69) is 0 Å². The van der Waals surface area contributed by atoms with Crippen molar-refractivity contribution in [1.29, 1.82) is 0 Å². The van der Waals surface area contributed by atoms with E-state index in [9.17, 15) is 9.59 Å². The van der Waals surface area contributed by atoms with Crippen molar-refractivity contribution in [3.63, 3.8) is 0 Å². The third-order valence-corrected chi connectivity index (χ3v) is 3.05. The van der Waals surface area contributed by atoms with Crippen molar-refractivity contribution in [2.24, 2.45) is 0 Å². The molecule has 0 aliphatic carbocycles. The van der Waals surface area contributed by atoms with Crippen molar-refractivity contribution in [3.8, 4) is 5.75 Å². The summed E-state index contributed by atoms with van der Waals surface area (Å²) in [7, 11) is 1.48. The summed E-state index contributed by atoms with van der Waals surface area (Å²) in [5.41, 5.74) is 1.06. The number of benzene rings is 1. The van der Waals surface area contributed by atoms with Gasteiger partial charge < -0.3 is 18.4 Å². The topological polar surface area (TPSA) is 69.7 Å². The summed E-state index contributed by atoms with van der Waals surface area (Å²) in [6, 6.07) is 4.72. The highest BCUT2D eigenvalue weighted by Gasteiger charge is 2.18. The van der Waals surface area contributed by atoms with Crippen LogP contribution in [0.15, 0.2) is 38.1 Å². The minimum absolute atomic E-state index is 0.213. The normalized spacial score (nSPS) is 11.0. The van der Waals surface area contributed by atoms with Crippen LogP contribution in [-0.2, 0) is 11.2 Å². The zero-order valence-corrected chi connectivity index (χ0v) is 10.1. The Bertz CT molecular complexity index is 814. The summed E-state index contributed by atoms with van der Waals surface area (Å²) in [4.78, 5) is 22.2. The molecule has 0 aliphatic rings. The average Bonchev–Trinajstić information content (AvgIpc) is 2.87. The van der Waals surface area contributed by atoms with Crippen molar-refractivity contribution < 1.29 is 18.4 Å². The Morgan fingerprint density at radius 1 is 1.21 bits per heavy atom. The number of carbonyl (C=O) groups excluding carboxylic acids is 1. The number of ether oxygens (including phenoxy) is 1. The molecule has 96 valence electrons. The van der Waals surface area contributed by atoms with Gasteiger partial charge in [0.1, 0.15) is 6.29 Å². The van der Waals surface area contributed by atoms with Crippen LogP contribution < -0.4 is 10.4 Å². The zero-order chi connectivity index (χ0) is 13.4. The lowest BCUT2D eigenvalue weighted by molar-refractivity contribution is -0.107. The van der Waals surface area contributed by atoms with Crippen LogP contribution in [0.5, 0.6) is 5.75 Å². The minimum Gasteiger partial charge on any atom is -0.490 e. The molecule has 19 heavy (non-hydrogen) atoms. The fourth-order valence-corrected chi connectivity index (χ4v) is 2.28. The van der Waals surface area contributed by atoms with Crippen molar-refractivity contribution >= 4 is 28.2 Å². The smallest absolute Gasteiger partial charge is 0.336 e. The van der Waals surface area contributed by atoms with Crippen LogP contribution in [0.25, 0.3) is 21.9 Å². The van der Waals surface area contributed by atoms with Crippen molar-refractivity contribution in [2.45, 2.75) is 6.42 Å². The van der Waals surface area contributed by atoms with Gasteiger partial charge in [-0.1, -0.05) is 0 Å². The third-order valence-electron chi connectivity index (χ3n) is 3.05. The molecule has 0 aliphatic heterocycles. The molecule has 1 aromatic carbocycles. The first-order valence-corrected chi connectivity index (χ1v) is 5.69. The molecular formula is C14H10O5. The van der Waals surface area contributed by atoms with E-state index in [4.69, 9.17) is 13.6 Å². The second kappa shape index (κ2) is 4.28. The van der Waals surface area contributed by atoms with E-state index in [0.29, 0.717) is 22.3 Å². The summed E-state index contributed by atoms with van der Waals surface area (Å²) >= 11 is 0. The van der Waals surface area contributed by atoms with Crippen LogP contribution in [-0.4, -0.2) is 13.4 Å². The second-order valence-electron chi connectivity index (χ2n) is 4.04. The van der Waals surface area contributed by atoms with Gasteiger partial charge in [0.05, 0.1) is 13.4 Å². The van der Waals surface area contributed by atoms with E-state index in [1.54, 1.807) is 12.1 Å². The Morgan fingerprint density at radius 2 is 2.00 bits per heavy atom. The maximum Gasteiger partial charge on any atom is 0.336 e. The molecule has 0 atom stereocenters. The first-order valence-electron chi connectivity index (χ1n) is 5.69. The molecule has 0 N–H and O–H groups in total. The van der Waals surface area contributed by atoms with E-state index < -0.39 is 5.63 Å². The summed E-state index contributed by atoms with van der Waals surface area (Å²) in [6.07, 6.45) is 2.53. The summed E-state index contributed by atoms with van der Waals surface area (Å²) in [6.45, 7) is 0. The monoisotopic (exact) mass is 258 g/mol. The zero-order valence-electron chi connectivity index (χ0n) is 10.1. The molecule has 5 heteroatoms. The van der Waals surface area contributed by atoms with Crippen LogP contribution in [0.1, 0.15) is 5.56 Å². The van der Waals surface area contributed by atoms with Gasteiger partial charge in [0, 0.05) is 23.3 Å². The number of fused-ring (bicyclic) bond motifs is 2. The Balaban J connectivity index is 2.58. The molecule has 5 nitrogen and oxygen atoms in total. The molecule has 0 unspecified atom stereocenters. The molecule has 0 bridgehead atoms. The van der Waals surface area contributed by atoms with Gasteiger partial charge in [0.15, 0.2) is 11.2 Å². The maximum atomic E-state index is 11.4. The average molecular weight is 258 g/mol. The maximum absolute atomic E-state index is 11.4. The van der Waals surface area contributed by atoms with Gasteiger partial charge in [-0.15, -0.1) is 0 Å². The number of carbonyl (C=O) groups is 1. The van der Waals surface area contributed by atoms with Gasteiger partial charge in [0.2, 0.25) is 5.75 Å². The molecule has 3 aromatic rings. The number of methoxy groups -OCH3 is 1. The number of furan rings is 1. The van der Waals surface area contributed by atoms with Gasteiger partial charge in [-0.2, -0.15) is 0 Å². The quantitative estimate of drug-likeness (QED) is 0.532. The van der Waals surface area contributed by atoms with E-state index in [1.165, 1.54) is 19.4 Å². The van der Waals surface area contributed by atoms with E-state index in [1.807, 2.05) is 0 Å². The lowest BCUT2D eigenvalue weighted by atomic mass is 10.0. The number of hydrogen-bond acceptors (Lipinski definition) is 5. The SMILES string of the molecule is COc1c2occc2c(CC=O)c2ccc(=O)oc12. The highest BCUT2D eigenvalue weighted by atomic mass is 16.5. The molecule has 2 heterocycles. The van der Waals surface area contributed by atoms with Crippen LogP contribution in [0.2, 0.25) is 0 Å². The van der Waals surface area contributed by atoms with Gasteiger partial charge in [-0.05, 0) is 17.7 Å². The number of hydrogen-bond donors (Lipinski definition) is 0. The van der Waals surface area contributed by atoms with Gasteiger partial charge >= 0.3 is 5.63 Å². The molecule has 0 saturated carbocycles. The molecule has 0 amide bonds. The van der Waals surface area contributed by atoms with Crippen LogP contribution in [0.4, 0.5) is 0 Å². The van der Waals surface area contributed by atoms with Crippen LogP contribution in [0, 0.1) is 0 Å². The summed E-state index contributed by atoms with van der Waals surface area (Å²) in [5.74, 6) is 0.363. The van der Waals surface area contributed by atoms with E-state index in [0.717, 1.165) is 17.2 Å². The summed E-state index contributed by atoms with van der Waals surface area (Å²) < 4.78 is 15.8. The van der Waals surface area contributed by atoms with E-state index >= 15 is 0 Å². The molecule has 3 rings (SSSR count). The van der Waals surface area contributed by atoms with Gasteiger partial charge in [-0.3, -0.25) is 0 Å². The van der Waals surface area contributed by atoms with E-state index in [-0.39, 0.29) is 6.42 Å². The molecule has 0 fully saturated rings. The standard InChI is InChI=1S/C14H10O5/c1-17-14-12-10(5-7-18-12)8(4-6-15)9-2-3-11(16)19-13(9)14/h2-3,5-7H,4H2,1H3. The third kappa shape index (κ3) is 1.62. The molecule has 2 aromatic heterocycles. The molecule has 0 radical (unpaired) electrons. The van der Waals surface area contributed by atoms with Crippen molar-refractivity contribution in [1.82, 2.24) is 0 Å². The van der Waals surface area contributed by atoms with Crippen molar-refractivity contribution in [2.75, 3.05) is 7.11 Å². The first-order chi connectivity index (χ1) is 9.26. The lowest BCUT2D eigenvalue weighted by Crippen LogP contribution is -1.99. The molecule has 0 spiro atoms. The highest BCUT2D eigenvalue weighted by molar-refractivity contribution is 6.04. The fourth-order valence-electron chi connectivity index (χ4n) is 2.28. The molecule has 0 saturated heterocycles. The number of aldehydes is 1. The Morgan fingerprint density at radius 3 is 2.74 bits per heavy atom. The number of rotatable bonds is 3. The molecular weight excluding hydrogens is 248 g/mol. The summed E-state index contributed by atoms with van der Waals surface area (Å²) in [5, 5.41) is 1.46. The minimum atomic E-state index is -0.478.